The third-order valence-electron chi connectivity index (χ3n) is 23.5. The van der Waals surface area contributed by atoms with E-state index >= 15 is 0 Å². The molecule has 9 aromatic rings. The lowest BCUT2D eigenvalue weighted by Crippen LogP contribution is -2.48. The van der Waals surface area contributed by atoms with Crippen molar-refractivity contribution in [2.24, 2.45) is 11.8 Å². The van der Waals surface area contributed by atoms with Crippen molar-refractivity contribution < 1.29 is 43.2 Å². The van der Waals surface area contributed by atoms with Crippen LogP contribution in [0, 0.1) is 11.8 Å². The van der Waals surface area contributed by atoms with E-state index in [-0.39, 0.29) is 90.0 Å². The Labute approximate surface area is 735 Å². The van der Waals surface area contributed by atoms with Crippen molar-refractivity contribution in [1.82, 2.24) is 85.7 Å². The number of carbonyl (C=O) groups is 9. The molecule has 0 spiro atoms. The predicted molar refractivity (Wildman–Crippen MR) is 489 cm³/mol. The second kappa shape index (κ2) is 40.3. The van der Waals surface area contributed by atoms with Crippen LogP contribution in [0.25, 0.3) is 0 Å². The first kappa shape index (κ1) is 91.5. The molecule has 32 nitrogen and oxygen atoms in total. The van der Waals surface area contributed by atoms with Crippen LogP contribution in [0.3, 0.4) is 0 Å². The van der Waals surface area contributed by atoms with E-state index in [0.717, 1.165) is 80.8 Å². The highest BCUT2D eigenvalue weighted by molar-refractivity contribution is 6.06. The van der Waals surface area contributed by atoms with Crippen molar-refractivity contribution >= 4 is 99.4 Å². The van der Waals surface area contributed by atoms with Crippen molar-refractivity contribution in [2.45, 2.75) is 122 Å². The zero-order valence-corrected chi connectivity index (χ0v) is 73.8. The van der Waals surface area contributed by atoms with Crippen LogP contribution in [-0.4, -0.2) is 211 Å². The molecule has 8 heterocycles. The van der Waals surface area contributed by atoms with Crippen molar-refractivity contribution in [3.63, 3.8) is 0 Å². The third-order valence-corrected chi connectivity index (χ3v) is 23.5. The van der Waals surface area contributed by atoms with E-state index < -0.39 is 16.6 Å². The third kappa shape index (κ3) is 21.9. The molecule has 4 atom stereocenters. The summed E-state index contributed by atoms with van der Waals surface area (Å²) < 4.78 is 0. The largest absolute Gasteiger partial charge is 0.339 e. The Balaban J connectivity index is 0.000000172. The Morgan fingerprint density at radius 2 is 0.786 bits per heavy atom. The molecule has 5 aliphatic rings. The van der Waals surface area contributed by atoms with E-state index in [2.05, 4.69) is 108 Å². The molecule has 0 radical (unpaired) electrons. The molecule has 662 valence electrons. The molecule has 126 heavy (non-hydrogen) atoms. The van der Waals surface area contributed by atoms with Gasteiger partial charge in [-0.3, -0.25) is 44.1 Å². The van der Waals surface area contributed by atoms with Crippen LogP contribution in [0.5, 0.6) is 0 Å². The fraction of sp³-hybridized carbons (Fsp3) is 0.362. The minimum absolute atomic E-state index is 0.0556. The number of likely N-dealkylation sites (tertiary alicyclic amines) is 2. The first-order chi connectivity index (χ1) is 60.2. The number of rotatable bonds is 26. The lowest BCUT2D eigenvalue weighted by atomic mass is 9.95. The van der Waals surface area contributed by atoms with Crippen molar-refractivity contribution in [1.29, 1.82) is 0 Å². The van der Waals surface area contributed by atoms with Crippen molar-refractivity contribution in [2.75, 3.05) is 120 Å². The van der Waals surface area contributed by atoms with Gasteiger partial charge >= 0.3 is 18.1 Å². The average molecular weight is 1710 g/mol. The number of hydrogen-bond acceptors (Lipinski definition) is 17. The summed E-state index contributed by atoms with van der Waals surface area (Å²) in [5.41, 5.74) is 9.99. The van der Waals surface area contributed by atoms with Gasteiger partial charge in [-0.25, -0.2) is 14.4 Å². The highest BCUT2D eigenvalue weighted by Gasteiger charge is 2.48. The Kier molecular flexibility index (Phi) is 29.3. The van der Waals surface area contributed by atoms with E-state index in [1.54, 1.807) is 39.0 Å². The van der Waals surface area contributed by atoms with Crippen molar-refractivity contribution in [3.05, 3.63) is 258 Å². The van der Waals surface area contributed by atoms with Gasteiger partial charge < -0.3 is 87.1 Å². The molecule has 32 heteroatoms. The fourth-order valence-electron chi connectivity index (χ4n) is 16.6. The number of aromatic nitrogens is 6. The zero-order chi connectivity index (χ0) is 90.3. The number of carbonyl (C=O) groups excluding carboxylic acids is 9. The Hall–Kier alpha value is -13.7. The van der Waals surface area contributed by atoms with Gasteiger partial charge in [0.05, 0.1) is 77.4 Å². The summed E-state index contributed by atoms with van der Waals surface area (Å²) in [4.78, 5) is 130. The van der Waals surface area contributed by atoms with Crippen molar-refractivity contribution in [3.8, 4) is 0 Å². The molecule has 6 aromatic carbocycles. The molecule has 14 rings (SSSR count). The molecule has 12 N–H and O–H groups in total. The monoisotopic (exact) mass is 1710 g/mol. The summed E-state index contributed by atoms with van der Waals surface area (Å²) in [5, 5.41) is 50.7. The van der Waals surface area contributed by atoms with Gasteiger partial charge in [0.1, 0.15) is 0 Å². The predicted octanol–water partition coefficient (Wildman–Crippen LogP) is 13.0. The van der Waals surface area contributed by atoms with Gasteiger partial charge in [-0.15, -0.1) is 0 Å². The SMILES string of the molecule is C=CC(=O)N1CCC(C(=O)Nc2cccc(Nc3n[nH]c4c3CN(C(=O)N[C@H](CN(C)C)c3ccccc3)C4(C)C)c2)CC1.C=CC(=O)N1CCCC(C(=O)Nc2cccc(Nc3n[nH]c4c3CN(C(=O)N[C@H](CN(C)C)c3ccccc3)C4(C)C)c2)C1.C=CC(=O)Nc1cccc(C(=O)Nc2n[nH]c3c2CN(C(=O)N[C@H](CN(C)C)c2ccccc2)C3(C)C)c1. The molecule has 0 saturated carbocycles. The van der Waals surface area contributed by atoms with Gasteiger partial charge in [0.15, 0.2) is 17.5 Å². The first-order valence-electron chi connectivity index (χ1n) is 42.3. The summed E-state index contributed by atoms with van der Waals surface area (Å²) in [6.45, 7) is 27.6. The normalized spacial score (nSPS) is 16.5. The number of nitrogens with zero attached hydrogens (tertiary/aromatic N) is 11. The van der Waals surface area contributed by atoms with Crippen LogP contribution >= 0.6 is 0 Å². The molecule has 12 amide bonds. The molecular weight excluding hydrogens is 1600 g/mol. The summed E-state index contributed by atoms with van der Waals surface area (Å²) in [5.74, 6) is 0.0240. The zero-order valence-electron chi connectivity index (χ0n) is 73.8. The Bertz CT molecular complexity index is 5420. The van der Waals surface area contributed by atoms with Gasteiger partial charge in [-0.05, 0) is 199 Å². The number of likely N-dealkylation sites (N-methyl/N-ethyl adjacent to an activating group) is 3. The van der Waals surface area contributed by atoms with Crippen LogP contribution < -0.4 is 47.9 Å². The van der Waals surface area contributed by atoms with E-state index in [1.165, 1.54) is 12.2 Å². The second-order valence-corrected chi connectivity index (χ2v) is 34.5. The number of fused-ring (bicyclic) bond motifs is 3. The molecule has 2 fully saturated rings. The maximum Gasteiger partial charge on any atom is 0.319 e. The molecule has 3 aromatic heterocycles. The van der Waals surface area contributed by atoms with Gasteiger partial charge in [-0.2, -0.15) is 15.3 Å². The average Bonchev–Trinajstić information content (AvgIpc) is 1.60. The molecule has 1 unspecified atom stereocenters. The van der Waals surface area contributed by atoms with Crippen LogP contribution in [0.4, 0.5) is 60.3 Å². The standard InChI is InChI=1S/2C33H42N8O3.C28H33N7O3/c1-6-28(42)40-17-11-14-23(19-40)31(43)35-25-16-10-15-24(18-25)34-30-26-20-41(33(2,3)29(26)37-38-30)32(44)36-27(21-39(4)5)22-12-8-7-9-13-22;1-6-28(42)40-17-15-23(16-18-40)31(43)35-25-14-10-13-24(19-25)34-30-26-20-41(33(2,3)29(26)37-38-30)32(44)36-27(21-39(4)5)22-11-8-7-9-12-22;1-6-23(36)29-20-14-10-13-19(15-20)26(37)31-25-21-16-35(28(2,3)24(21)32-33-25)27(38)30-22(17-34(4)5)18-11-8-7-9-12-18/h6-10,12-13,15-16,18,23,27H,1,11,14,17,19-21H2,2-5H3,(H,35,43)(H,36,44)(H2,34,37,38);6-14,19,23,27H,1,15-18,20-21H2,2-5H3,(H,35,43)(H,36,44)(H2,34,37,38);6-15,22H,1,16-17H2,2-5H3,(H,29,36)(H,30,38)(H2,31,32,33,37)/t23?,27-;27-;22-/m111/s1. The highest BCUT2D eigenvalue weighted by atomic mass is 16.2. The maximum atomic E-state index is 13.7. The summed E-state index contributed by atoms with van der Waals surface area (Å²) >= 11 is 0. The molecule has 5 aliphatic heterocycles. The number of aromatic amines is 3. The van der Waals surface area contributed by atoms with Gasteiger partial charge in [0.2, 0.25) is 29.5 Å². The summed E-state index contributed by atoms with van der Waals surface area (Å²) in [7, 11) is 11.9. The number of nitrogens with one attached hydrogen (secondary N) is 12. The second-order valence-electron chi connectivity index (χ2n) is 34.5. The molecule has 0 aliphatic carbocycles. The topological polar surface area (TPSA) is 374 Å². The summed E-state index contributed by atoms with van der Waals surface area (Å²) in [6.07, 6.45) is 6.50. The van der Waals surface area contributed by atoms with E-state index in [1.807, 2.05) is 238 Å². The maximum absolute atomic E-state index is 13.7. The molecule has 0 bridgehead atoms. The van der Waals surface area contributed by atoms with Crippen LogP contribution in [0.2, 0.25) is 0 Å². The Morgan fingerprint density at radius 1 is 0.421 bits per heavy atom. The molecular formula is C94H117N23O9. The van der Waals surface area contributed by atoms with Gasteiger partial charge in [0, 0.05) is 102 Å². The minimum Gasteiger partial charge on any atom is -0.339 e. The van der Waals surface area contributed by atoms with E-state index in [4.69, 9.17) is 0 Å². The number of benzene rings is 6. The number of anilines is 8. The number of hydrogen-bond donors (Lipinski definition) is 12. The quantitative estimate of drug-likeness (QED) is 0.0224. The van der Waals surface area contributed by atoms with Crippen LogP contribution in [-0.2, 0) is 60.2 Å². The number of amides is 12. The molecule has 2 saturated heterocycles. The van der Waals surface area contributed by atoms with Crippen LogP contribution in [0.1, 0.15) is 146 Å². The van der Waals surface area contributed by atoms with E-state index in [0.29, 0.717) is 112 Å². The number of H-pyrrole nitrogens is 3. The Morgan fingerprint density at radius 3 is 1.18 bits per heavy atom. The number of piperidine rings is 2. The lowest BCUT2D eigenvalue weighted by molar-refractivity contribution is -0.130. The van der Waals surface area contributed by atoms with Gasteiger partial charge in [-0.1, -0.05) is 129 Å². The van der Waals surface area contributed by atoms with Crippen LogP contribution in [0.15, 0.2) is 202 Å². The van der Waals surface area contributed by atoms with Gasteiger partial charge in [0.25, 0.3) is 5.91 Å². The van der Waals surface area contributed by atoms with E-state index in [9.17, 15) is 43.2 Å². The summed E-state index contributed by atoms with van der Waals surface area (Å²) in [6, 6.07) is 50.3. The highest BCUT2D eigenvalue weighted by Crippen LogP contribution is 2.45. The first-order valence-corrected chi connectivity index (χ1v) is 42.3. The number of urea groups is 3. The lowest BCUT2D eigenvalue weighted by Gasteiger charge is -2.34. The minimum atomic E-state index is -0.677. The fourth-order valence-corrected chi connectivity index (χ4v) is 16.6. The smallest absolute Gasteiger partial charge is 0.319 e.